The normalized spacial score (nSPS) is 27.2. The molecule has 1 aromatic heterocycles. The fraction of sp³-hybridized carbons (Fsp3) is 0.474. The van der Waals surface area contributed by atoms with E-state index in [4.69, 9.17) is 18.4 Å². The monoisotopic (exact) mass is 670 g/mol. The summed E-state index contributed by atoms with van der Waals surface area (Å²) in [5, 5.41) is 14.5. The van der Waals surface area contributed by atoms with Crippen LogP contribution in [-0.2, 0) is 44.4 Å². The number of ether oxygens (including phenoxy) is 3. The molecule has 3 aliphatic carbocycles. The molecule has 1 spiro atoms. The van der Waals surface area contributed by atoms with Gasteiger partial charge >= 0.3 is 10.1 Å². The first-order chi connectivity index (χ1) is 23.2. The number of aromatic nitrogens is 1. The molecule has 2 fully saturated rings. The van der Waals surface area contributed by atoms with Crippen LogP contribution in [0.2, 0.25) is 0 Å². The fourth-order valence-corrected chi connectivity index (χ4v) is 10.5. The van der Waals surface area contributed by atoms with Gasteiger partial charge in [0.25, 0.3) is 0 Å². The van der Waals surface area contributed by atoms with Crippen molar-refractivity contribution in [2.75, 3.05) is 27.3 Å². The molecule has 3 aromatic carbocycles. The Labute approximate surface area is 281 Å². The van der Waals surface area contributed by atoms with Crippen molar-refractivity contribution in [3.8, 4) is 11.5 Å². The lowest BCUT2D eigenvalue weighted by Gasteiger charge is -2.63. The molecule has 1 saturated heterocycles. The Bertz CT molecular complexity index is 2030. The highest BCUT2D eigenvalue weighted by atomic mass is 32.2. The molecule has 0 amide bonds. The van der Waals surface area contributed by atoms with Crippen LogP contribution in [0.1, 0.15) is 59.7 Å². The molecule has 1 N–H and O–H groups in total. The number of aliphatic hydroxyl groups is 1. The van der Waals surface area contributed by atoms with Gasteiger partial charge < -0.3 is 28.1 Å². The predicted octanol–water partition coefficient (Wildman–Crippen LogP) is 5.43. The van der Waals surface area contributed by atoms with E-state index in [2.05, 4.69) is 33.7 Å². The van der Waals surface area contributed by atoms with Gasteiger partial charge in [-0.25, -0.2) is 0 Å². The Morgan fingerprint density at radius 1 is 1.04 bits per heavy atom. The van der Waals surface area contributed by atoms with Crippen molar-refractivity contribution < 1.29 is 31.9 Å². The van der Waals surface area contributed by atoms with Crippen LogP contribution in [-0.4, -0.2) is 68.2 Å². The standard InChI is InChI=1S/C38H42N2O7S/c1-23-8-13-26(14-9-23)48(42,43)47-30-15-12-25-20-31-38(41)21-28-27-6-4-5-7-29(27)40(18-16-32(44-2)45-3)34(28)36-37(38,33(25)35(30)46-36)17-19-39(31)22-24-10-11-24/h4-9,12-15,24,31-32,36,41H,10-11,16-22H2,1-3H3/t31-,36-,37-,38+/m0/s1. The number of aryl methyl sites for hydroxylation is 2. The summed E-state index contributed by atoms with van der Waals surface area (Å²) >= 11 is 0. The minimum absolute atomic E-state index is 0.0823. The molecule has 4 atom stereocenters. The van der Waals surface area contributed by atoms with Crippen LogP contribution < -0.4 is 8.92 Å². The lowest BCUT2D eigenvalue weighted by atomic mass is 9.49. The summed E-state index contributed by atoms with van der Waals surface area (Å²) in [6.45, 7) is 4.39. The van der Waals surface area contributed by atoms with E-state index < -0.39 is 27.2 Å². The molecule has 9 nitrogen and oxygen atoms in total. The van der Waals surface area contributed by atoms with Crippen molar-refractivity contribution in [1.29, 1.82) is 0 Å². The molecule has 2 aliphatic heterocycles. The first-order valence-corrected chi connectivity index (χ1v) is 18.6. The van der Waals surface area contributed by atoms with E-state index in [-0.39, 0.29) is 23.0 Å². The average molecular weight is 671 g/mol. The third-order valence-corrected chi connectivity index (χ3v) is 13.2. The number of hydrogen-bond acceptors (Lipinski definition) is 8. The van der Waals surface area contributed by atoms with Crippen LogP contribution in [0.3, 0.4) is 0 Å². The predicted molar refractivity (Wildman–Crippen MR) is 180 cm³/mol. The second-order valence-corrected chi connectivity index (χ2v) is 16.0. The van der Waals surface area contributed by atoms with Crippen molar-refractivity contribution >= 4 is 21.0 Å². The topological polar surface area (TPSA) is 99.5 Å². The van der Waals surface area contributed by atoms with Crippen LogP contribution in [0.15, 0.2) is 65.6 Å². The zero-order valence-electron chi connectivity index (χ0n) is 27.6. The molecule has 3 heterocycles. The quantitative estimate of drug-likeness (QED) is 0.176. The number of likely N-dealkylation sites (tertiary alicyclic amines) is 1. The number of piperidine rings is 1. The van der Waals surface area contributed by atoms with E-state index in [1.165, 1.54) is 12.8 Å². The number of rotatable bonds is 10. The van der Waals surface area contributed by atoms with Gasteiger partial charge in [0.15, 0.2) is 23.9 Å². The first-order valence-electron chi connectivity index (χ1n) is 17.1. The number of fused-ring (bicyclic) bond motifs is 4. The van der Waals surface area contributed by atoms with Crippen molar-refractivity contribution in [1.82, 2.24) is 9.47 Å². The van der Waals surface area contributed by atoms with Crippen LogP contribution in [0.25, 0.3) is 10.9 Å². The smallest absolute Gasteiger partial charge is 0.339 e. The highest BCUT2D eigenvalue weighted by Crippen LogP contribution is 2.69. The summed E-state index contributed by atoms with van der Waals surface area (Å²) in [6, 6.07) is 18.7. The molecule has 5 aliphatic rings. The molecular weight excluding hydrogens is 628 g/mol. The average Bonchev–Trinajstić information content (AvgIpc) is 3.75. The van der Waals surface area contributed by atoms with Gasteiger partial charge in [-0.1, -0.05) is 42.0 Å². The fourth-order valence-electron chi connectivity index (χ4n) is 9.54. The van der Waals surface area contributed by atoms with Crippen molar-refractivity contribution in [2.24, 2.45) is 5.92 Å². The number of para-hydroxylation sites is 1. The first kappa shape index (κ1) is 30.6. The number of nitrogens with zero attached hydrogens (tertiary/aromatic N) is 2. The minimum atomic E-state index is -4.14. The Hall–Kier alpha value is -3.41. The Kier molecular flexibility index (Phi) is 6.89. The Morgan fingerprint density at radius 3 is 2.56 bits per heavy atom. The number of benzene rings is 3. The second-order valence-electron chi connectivity index (χ2n) is 14.5. The van der Waals surface area contributed by atoms with E-state index in [1.54, 1.807) is 44.6 Å². The third kappa shape index (κ3) is 4.25. The lowest BCUT2D eigenvalue weighted by Crippen LogP contribution is -2.74. The summed E-state index contributed by atoms with van der Waals surface area (Å²) in [5.41, 5.74) is 4.31. The molecule has 1 saturated carbocycles. The molecule has 2 bridgehead atoms. The van der Waals surface area contributed by atoms with Crippen LogP contribution >= 0.6 is 0 Å². The zero-order valence-corrected chi connectivity index (χ0v) is 28.5. The van der Waals surface area contributed by atoms with Gasteiger partial charge in [0.2, 0.25) is 0 Å². The number of methoxy groups -OCH3 is 2. The van der Waals surface area contributed by atoms with Crippen LogP contribution in [0.5, 0.6) is 11.5 Å². The molecule has 10 heteroatoms. The summed E-state index contributed by atoms with van der Waals surface area (Å²) in [7, 11) is -0.841. The summed E-state index contributed by atoms with van der Waals surface area (Å²) in [6.07, 6.45) is 4.08. The third-order valence-electron chi connectivity index (χ3n) is 11.9. The van der Waals surface area contributed by atoms with E-state index in [1.807, 2.05) is 13.0 Å². The molecule has 0 radical (unpaired) electrons. The van der Waals surface area contributed by atoms with E-state index in [9.17, 15) is 13.5 Å². The molecule has 0 unspecified atom stereocenters. The van der Waals surface area contributed by atoms with E-state index in [0.29, 0.717) is 43.9 Å². The maximum Gasteiger partial charge on any atom is 0.339 e. The Balaban J connectivity index is 1.23. The Morgan fingerprint density at radius 2 is 1.81 bits per heavy atom. The van der Waals surface area contributed by atoms with Crippen LogP contribution in [0, 0.1) is 12.8 Å². The highest BCUT2D eigenvalue weighted by molar-refractivity contribution is 7.87. The van der Waals surface area contributed by atoms with Gasteiger partial charge in [-0.15, -0.1) is 0 Å². The molecule has 9 rings (SSSR count). The summed E-state index contributed by atoms with van der Waals surface area (Å²) in [5.74, 6) is 1.30. The van der Waals surface area contributed by atoms with Gasteiger partial charge in [0.05, 0.1) is 16.7 Å². The maximum atomic E-state index is 13.6. The van der Waals surface area contributed by atoms with Gasteiger partial charge in [-0.3, -0.25) is 4.90 Å². The SMILES string of the molecule is COC(CCn1c2c(c3ccccc31)C[C@@]1(O)[C@@H]3Cc4ccc(OS(=O)(=O)c5ccc(C)cc5)c5c4[C@@]1(CCN3CC1CC1)[C@H]2O5)OC. The largest absolute Gasteiger partial charge is 0.479 e. The van der Waals surface area contributed by atoms with Gasteiger partial charge in [-0.05, 0) is 80.5 Å². The summed E-state index contributed by atoms with van der Waals surface area (Å²) in [4.78, 5) is 2.63. The molecule has 4 aromatic rings. The van der Waals surface area contributed by atoms with Crippen molar-refractivity contribution in [3.05, 3.63) is 88.6 Å². The summed E-state index contributed by atoms with van der Waals surface area (Å²) < 4.78 is 53.8. The van der Waals surface area contributed by atoms with Crippen molar-refractivity contribution in [3.63, 3.8) is 0 Å². The second kappa shape index (κ2) is 10.8. The van der Waals surface area contributed by atoms with Crippen molar-refractivity contribution in [2.45, 2.75) is 86.3 Å². The van der Waals surface area contributed by atoms with E-state index in [0.717, 1.165) is 51.9 Å². The minimum Gasteiger partial charge on any atom is -0.479 e. The highest BCUT2D eigenvalue weighted by Gasteiger charge is 2.73. The number of hydrogen-bond donors (Lipinski definition) is 1. The maximum absolute atomic E-state index is 13.6. The van der Waals surface area contributed by atoms with Gasteiger partial charge in [0.1, 0.15) is 4.90 Å². The lowest BCUT2D eigenvalue weighted by molar-refractivity contribution is -0.173. The van der Waals surface area contributed by atoms with E-state index >= 15 is 0 Å². The van der Waals surface area contributed by atoms with Gasteiger partial charge in [0, 0.05) is 62.7 Å². The molecule has 252 valence electrons. The van der Waals surface area contributed by atoms with Gasteiger partial charge in [-0.2, -0.15) is 8.42 Å². The zero-order chi connectivity index (χ0) is 33.0. The molecular formula is C38H42N2O7S. The molecule has 48 heavy (non-hydrogen) atoms. The van der Waals surface area contributed by atoms with Crippen LogP contribution in [0.4, 0.5) is 0 Å².